The van der Waals surface area contributed by atoms with Crippen molar-refractivity contribution in [2.45, 2.75) is 81.0 Å². The monoisotopic (exact) mass is 843 g/mol. The third kappa shape index (κ3) is 7.57. The number of methoxy groups -OCH3 is 2. The number of hydrogen-bond donors (Lipinski definition) is 2. The number of rotatable bonds is 13. The van der Waals surface area contributed by atoms with Gasteiger partial charge < -0.3 is 9.47 Å². The van der Waals surface area contributed by atoms with Gasteiger partial charge in [0.05, 0.1) is 0 Å². The van der Waals surface area contributed by atoms with Crippen molar-refractivity contribution < 1.29 is 28.8 Å². The molecule has 4 aromatic rings. The first-order valence-electron chi connectivity index (χ1n) is 18.9. The molecule has 12 heteroatoms. The molecule has 296 valence electrons. The number of anilines is 1. The number of aliphatic hydroxyl groups is 1. The summed E-state index contributed by atoms with van der Waals surface area (Å²) < 4.78 is 28.4. The van der Waals surface area contributed by atoms with E-state index < -0.39 is 48.3 Å². The fourth-order valence-electron chi connectivity index (χ4n) is 7.83. The number of hydrogen-bond acceptors (Lipinski definition) is 8. The van der Waals surface area contributed by atoms with Crippen molar-refractivity contribution in [1.82, 2.24) is 9.55 Å². The van der Waals surface area contributed by atoms with Gasteiger partial charge in [0, 0.05) is 14.2 Å². The second kappa shape index (κ2) is 16.5. The van der Waals surface area contributed by atoms with Gasteiger partial charge in [-0.2, -0.15) is 0 Å². The summed E-state index contributed by atoms with van der Waals surface area (Å²) in [6.07, 6.45) is 7.52. The summed E-state index contributed by atoms with van der Waals surface area (Å²) in [5.74, 6) is 0.995. The van der Waals surface area contributed by atoms with Gasteiger partial charge >= 0.3 is 297 Å². The van der Waals surface area contributed by atoms with Crippen molar-refractivity contribution in [3.8, 4) is 0 Å². The van der Waals surface area contributed by atoms with Gasteiger partial charge in [-0.1, -0.05) is 12.1 Å². The summed E-state index contributed by atoms with van der Waals surface area (Å²) in [6, 6.07) is 28.9. The normalized spacial score (nSPS) is 22.2. The van der Waals surface area contributed by atoms with Gasteiger partial charge in [-0.3, -0.25) is 0 Å². The van der Waals surface area contributed by atoms with Crippen LogP contribution in [0.5, 0.6) is 0 Å². The summed E-state index contributed by atoms with van der Waals surface area (Å²) in [6.45, 7) is 10.2. The molecule has 6 rings (SSSR count). The van der Waals surface area contributed by atoms with E-state index in [-0.39, 0.29) is 39.7 Å². The van der Waals surface area contributed by atoms with Gasteiger partial charge in [0.25, 0.3) is 0 Å². The molecule has 2 N–H and O–H groups in total. The Morgan fingerprint density at radius 2 is 1.55 bits per heavy atom. The summed E-state index contributed by atoms with van der Waals surface area (Å²) in [4.78, 5) is 31.8. The van der Waals surface area contributed by atoms with E-state index in [9.17, 15) is 14.7 Å². The fraction of sp³-hybridized carbons (Fsp3) is 0.386. The molecule has 1 aliphatic carbocycles. The molecule has 1 fully saturated rings. The topological polar surface area (TPSA) is 121 Å². The van der Waals surface area contributed by atoms with Gasteiger partial charge in [0.15, 0.2) is 5.79 Å². The van der Waals surface area contributed by atoms with E-state index in [0.29, 0.717) is 12.0 Å². The molecular weight excluding hydrogens is 790 g/mol. The van der Waals surface area contributed by atoms with E-state index in [1.54, 1.807) is 49.2 Å². The van der Waals surface area contributed by atoms with Crippen molar-refractivity contribution >= 4 is 39.9 Å². The molecule has 1 aliphatic heterocycles. The number of amides is 1. The van der Waals surface area contributed by atoms with Crippen LogP contribution >= 0.6 is 0 Å². The Labute approximate surface area is 337 Å². The average Bonchev–Trinajstić information content (AvgIpc) is 3.54. The van der Waals surface area contributed by atoms with Crippen molar-refractivity contribution in [2.75, 3.05) is 26.1 Å². The predicted molar refractivity (Wildman–Crippen MR) is 223 cm³/mol. The maximum absolute atomic E-state index is 14.2. The molecule has 0 spiro atoms. The number of benzene rings is 3. The molecule has 3 atom stereocenters. The van der Waals surface area contributed by atoms with Crippen LogP contribution in [0.25, 0.3) is 0 Å². The van der Waals surface area contributed by atoms with Crippen molar-refractivity contribution in [1.29, 1.82) is 0 Å². The van der Waals surface area contributed by atoms with Crippen LogP contribution in [0.2, 0.25) is 18.9 Å². The van der Waals surface area contributed by atoms with Crippen LogP contribution in [0.4, 0.5) is 5.82 Å². The SMILES string of the molecule is COC1(OC)C=CC(C(OC[C@H]2O[C@](n3cc([Se]C)c(NC(=O)c4ccccc4)nc3=O)([SiH](C)C)C[C@@]2(O)C(C)(C)C)(c2ccccc2)c2ccccc2)=CC1. The van der Waals surface area contributed by atoms with Crippen LogP contribution in [0.1, 0.15) is 55.1 Å². The Bertz CT molecular complexity index is 2080. The Morgan fingerprint density at radius 1 is 0.982 bits per heavy atom. The standard InChI is InChI=1S/C44H53N3O7SeSi/c1-40(2,3)42(50)30-43(56(7)8,47-28-35(55-6)37(46-39(47)49)45-38(48)31-18-12-9-13-19-31)54-36(42)29-53-44(32-20-14-10-15-21-32,33-22-16-11-17-23-33)34-24-26-41(51-4,52-5)27-25-34/h9-26,28,36,50,56H,27,29-30H2,1-8H3,(H,45,46,48,49)/t36-,42+,43+/m1/s1. The zero-order valence-electron chi connectivity index (χ0n) is 33.4. The van der Waals surface area contributed by atoms with Gasteiger partial charge in [0.2, 0.25) is 0 Å². The van der Waals surface area contributed by atoms with Crippen LogP contribution in [-0.4, -0.2) is 82.6 Å². The van der Waals surface area contributed by atoms with Crippen molar-refractivity contribution in [3.05, 3.63) is 148 Å². The predicted octanol–water partition coefficient (Wildman–Crippen LogP) is 5.95. The molecule has 1 aromatic heterocycles. The quantitative estimate of drug-likeness (QED) is 0.125. The third-order valence-electron chi connectivity index (χ3n) is 11.4. The Kier molecular flexibility index (Phi) is 12.3. The fourth-order valence-corrected chi connectivity index (χ4v) is 10.8. The van der Waals surface area contributed by atoms with E-state index in [1.165, 1.54) is 0 Å². The third-order valence-corrected chi connectivity index (χ3v) is 15.4. The minimum absolute atomic E-state index is 0.0106. The molecule has 10 nitrogen and oxygen atoms in total. The molecule has 0 saturated carbocycles. The maximum atomic E-state index is 14.2. The number of ether oxygens (including phenoxy) is 4. The van der Waals surface area contributed by atoms with E-state index in [0.717, 1.165) is 21.2 Å². The Hall–Kier alpha value is -3.97. The van der Waals surface area contributed by atoms with E-state index in [4.69, 9.17) is 18.9 Å². The molecule has 1 saturated heterocycles. The second-order valence-corrected chi connectivity index (χ2v) is 20.7. The summed E-state index contributed by atoms with van der Waals surface area (Å²) in [7, 11) is 1.24. The van der Waals surface area contributed by atoms with Crippen molar-refractivity contribution in [2.24, 2.45) is 5.41 Å². The molecule has 0 radical (unpaired) electrons. The molecular formula is C44H53N3O7SeSi. The van der Waals surface area contributed by atoms with Crippen LogP contribution in [0, 0.1) is 5.41 Å². The first kappa shape index (κ1) is 41.7. The second-order valence-electron chi connectivity index (χ2n) is 15.7. The first-order valence-corrected chi connectivity index (χ1v) is 24.3. The molecule has 2 aliphatic rings. The minimum atomic E-state index is -2.01. The van der Waals surface area contributed by atoms with E-state index >= 15 is 0 Å². The zero-order valence-corrected chi connectivity index (χ0v) is 36.3. The molecule has 1 amide bonds. The molecule has 2 heterocycles. The zero-order chi connectivity index (χ0) is 40.4. The van der Waals surface area contributed by atoms with Crippen LogP contribution < -0.4 is 15.5 Å². The summed E-state index contributed by atoms with van der Waals surface area (Å²) >= 11 is -0.154. The van der Waals surface area contributed by atoms with Gasteiger partial charge in [-0.15, -0.1) is 0 Å². The number of carbonyl (C=O) groups excluding carboxylic acids is 1. The van der Waals surface area contributed by atoms with Gasteiger partial charge in [-0.25, -0.2) is 0 Å². The number of aromatic nitrogens is 2. The van der Waals surface area contributed by atoms with Crippen LogP contribution in [0.15, 0.2) is 126 Å². The molecule has 0 unspecified atom stereocenters. The van der Waals surface area contributed by atoms with Gasteiger partial charge in [-0.05, 0) is 0 Å². The van der Waals surface area contributed by atoms with E-state index in [1.807, 2.05) is 105 Å². The van der Waals surface area contributed by atoms with Gasteiger partial charge in [0.1, 0.15) is 0 Å². The Balaban J connectivity index is 1.44. The van der Waals surface area contributed by atoms with Crippen LogP contribution in [-0.2, 0) is 29.9 Å². The summed E-state index contributed by atoms with van der Waals surface area (Å²) in [5.41, 5.74) is -0.653. The Morgan fingerprint density at radius 3 is 2.04 bits per heavy atom. The van der Waals surface area contributed by atoms with Crippen LogP contribution in [0.3, 0.4) is 0 Å². The molecule has 3 aromatic carbocycles. The molecule has 0 bridgehead atoms. The number of nitrogens with zero attached hydrogens (tertiary/aromatic N) is 2. The van der Waals surface area contributed by atoms with Crippen molar-refractivity contribution in [3.63, 3.8) is 0 Å². The number of nitrogens with one attached hydrogen (secondary N) is 1. The first-order chi connectivity index (χ1) is 26.7. The number of carbonyl (C=O) groups is 1. The summed E-state index contributed by atoms with van der Waals surface area (Å²) in [5, 5.41) is 14.7. The van der Waals surface area contributed by atoms with E-state index in [2.05, 4.69) is 29.5 Å². The average molecular weight is 843 g/mol. The molecule has 56 heavy (non-hydrogen) atoms.